The lowest BCUT2D eigenvalue weighted by molar-refractivity contribution is 0.415. The summed E-state index contributed by atoms with van der Waals surface area (Å²) < 4.78 is 10.8. The number of ether oxygens (including phenoxy) is 2. The number of hydrogen-bond donors (Lipinski definition) is 1. The number of nitrogens with one attached hydrogen (secondary N) is 1. The predicted octanol–water partition coefficient (Wildman–Crippen LogP) is 4.25. The number of rotatable bonds is 8. The van der Waals surface area contributed by atoms with Crippen LogP contribution in [0.15, 0.2) is 78.9 Å². The van der Waals surface area contributed by atoms with Gasteiger partial charge in [-0.25, -0.2) is 0 Å². The highest BCUT2D eigenvalue weighted by Gasteiger charge is 2.17. The molecule has 1 unspecified atom stereocenters. The van der Waals surface area contributed by atoms with Crippen LogP contribution in [-0.4, -0.2) is 26.9 Å². The highest BCUT2D eigenvalue weighted by molar-refractivity contribution is 7.73. The van der Waals surface area contributed by atoms with E-state index in [-0.39, 0.29) is 0 Å². The molecule has 0 spiro atoms. The fraction of sp³-hybridized carbons (Fsp3) is 0.182. The second kappa shape index (κ2) is 9.26. The summed E-state index contributed by atoms with van der Waals surface area (Å²) in [6.45, 7) is 0.894. The van der Waals surface area contributed by atoms with Crippen molar-refractivity contribution >= 4 is 24.2 Å². The van der Waals surface area contributed by atoms with Crippen molar-refractivity contribution in [3.63, 3.8) is 0 Å². The minimum Gasteiger partial charge on any atom is -0.497 e. The standard InChI is InChI=1S/C22H24NO2P/c1-24-19-14-12-18(13-15-19)23-16-17-26(20-8-4-3-5-9-20)22-11-7-6-10-21(22)25-2/h3-15,23H,16-17H2,1-2H3. The summed E-state index contributed by atoms with van der Waals surface area (Å²) in [4.78, 5) is 0. The lowest BCUT2D eigenvalue weighted by Gasteiger charge is -2.21. The van der Waals surface area contributed by atoms with Gasteiger partial charge in [-0.15, -0.1) is 0 Å². The summed E-state index contributed by atoms with van der Waals surface area (Å²) >= 11 is 0. The number of anilines is 1. The van der Waals surface area contributed by atoms with Gasteiger partial charge in [0.25, 0.3) is 0 Å². The summed E-state index contributed by atoms with van der Waals surface area (Å²) in [7, 11) is 2.93. The van der Waals surface area contributed by atoms with Crippen LogP contribution in [0.5, 0.6) is 11.5 Å². The van der Waals surface area contributed by atoms with Gasteiger partial charge in [-0.3, -0.25) is 0 Å². The van der Waals surface area contributed by atoms with Crippen molar-refractivity contribution in [2.24, 2.45) is 0 Å². The molecule has 134 valence electrons. The van der Waals surface area contributed by atoms with Gasteiger partial charge in [0, 0.05) is 17.5 Å². The fourth-order valence-electron chi connectivity index (χ4n) is 2.87. The first-order valence-corrected chi connectivity index (χ1v) is 10.2. The van der Waals surface area contributed by atoms with Gasteiger partial charge < -0.3 is 14.8 Å². The molecule has 26 heavy (non-hydrogen) atoms. The van der Waals surface area contributed by atoms with Crippen molar-refractivity contribution in [3.8, 4) is 11.5 Å². The normalized spacial score (nSPS) is 11.6. The second-order valence-corrected chi connectivity index (χ2v) is 8.12. The van der Waals surface area contributed by atoms with Crippen molar-refractivity contribution in [2.45, 2.75) is 0 Å². The summed E-state index contributed by atoms with van der Waals surface area (Å²) in [5, 5.41) is 6.17. The average Bonchev–Trinajstić information content (AvgIpc) is 2.72. The highest BCUT2D eigenvalue weighted by atomic mass is 31.1. The number of methoxy groups -OCH3 is 2. The number of para-hydroxylation sites is 1. The fourth-order valence-corrected chi connectivity index (χ4v) is 5.21. The van der Waals surface area contributed by atoms with Crippen LogP contribution in [0.4, 0.5) is 5.69 Å². The van der Waals surface area contributed by atoms with Crippen LogP contribution >= 0.6 is 7.92 Å². The van der Waals surface area contributed by atoms with Gasteiger partial charge in [0.2, 0.25) is 0 Å². The van der Waals surface area contributed by atoms with E-state index in [0.717, 1.165) is 29.9 Å². The summed E-state index contributed by atoms with van der Waals surface area (Å²) in [6, 6.07) is 27.1. The van der Waals surface area contributed by atoms with Gasteiger partial charge in [-0.1, -0.05) is 48.5 Å². The molecule has 1 atom stereocenters. The molecule has 0 bridgehead atoms. The van der Waals surface area contributed by atoms with Gasteiger partial charge in [0.05, 0.1) is 14.2 Å². The topological polar surface area (TPSA) is 30.5 Å². The molecule has 0 saturated carbocycles. The molecule has 4 heteroatoms. The maximum Gasteiger partial charge on any atom is 0.126 e. The Balaban J connectivity index is 1.76. The molecule has 0 fully saturated rings. The van der Waals surface area contributed by atoms with E-state index in [1.54, 1.807) is 14.2 Å². The molecule has 0 amide bonds. The van der Waals surface area contributed by atoms with E-state index >= 15 is 0 Å². The molecular weight excluding hydrogens is 341 g/mol. The molecule has 3 rings (SSSR count). The van der Waals surface area contributed by atoms with Gasteiger partial charge in [-0.2, -0.15) is 0 Å². The lowest BCUT2D eigenvalue weighted by atomic mass is 10.3. The van der Waals surface area contributed by atoms with Crippen LogP contribution in [-0.2, 0) is 0 Å². The molecule has 0 aliphatic carbocycles. The second-order valence-electron chi connectivity index (χ2n) is 5.81. The van der Waals surface area contributed by atoms with Crippen LogP contribution in [0.25, 0.3) is 0 Å². The van der Waals surface area contributed by atoms with E-state index in [4.69, 9.17) is 9.47 Å². The molecule has 3 aromatic carbocycles. The monoisotopic (exact) mass is 365 g/mol. The van der Waals surface area contributed by atoms with Crippen molar-refractivity contribution in [1.82, 2.24) is 0 Å². The van der Waals surface area contributed by atoms with E-state index in [0.29, 0.717) is 0 Å². The first kappa shape index (κ1) is 18.3. The van der Waals surface area contributed by atoms with Gasteiger partial charge in [-0.05, 0) is 49.7 Å². The van der Waals surface area contributed by atoms with Crippen LogP contribution in [0.3, 0.4) is 0 Å². The van der Waals surface area contributed by atoms with Crippen LogP contribution in [0, 0.1) is 0 Å². The Morgan fingerprint density at radius 1 is 0.769 bits per heavy atom. The zero-order valence-electron chi connectivity index (χ0n) is 15.2. The Bertz CT molecular complexity index is 806. The van der Waals surface area contributed by atoms with E-state index in [1.165, 1.54) is 10.6 Å². The number of benzene rings is 3. The zero-order chi connectivity index (χ0) is 18.2. The molecule has 3 aromatic rings. The quantitative estimate of drug-likeness (QED) is 0.606. The zero-order valence-corrected chi connectivity index (χ0v) is 16.1. The molecule has 0 radical (unpaired) electrons. The number of hydrogen-bond acceptors (Lipinski definition) is 3. The molecule has 0 aliphatic rings. The van der Waals surface area contributed by atoms with Gasteiger partial charge >= 0.3 is 0 Å². The Hall–Kier alpha value is -2.51. The largest absolute Gasteiger partial charge is 0.497 e. The summed E-state index contributed by atoms with van der Waals surface area (Å²) in [5.74, 6) is 1.84. The van der Waals surface area contributed by atoms with Gasteiger partial charge in [0.15, 0.2) is 0 Å². The van der Waals surface area contributed by atoms with E-state index < -0.39 is 7.92 Å². The van der Waals surface area contributed by atoms with Crippen LogP contribution in [0.2, 0.25) is 0 Å². The molecule has 0 aliphatic heterocycles. The van der Waals surface area contributed by atoms with E-state index in [1.807, 2.05) is 36.4 Å². The minimum absolute atomic E-state index is 0.495. The van der Waals surface area contributed by atoms with E-state index in [9.17, 15) is 0 Å². The smallest absolute Gasteiger partial charge is 0.126 e. The van der Waals surface area contributed by atoms with Crippen molar-refractivity contribution < 1.29 is 9.47 Å². The third-order valence-electron chi connectivity index (χ3n) is 4.20. The predicted molar refractivity (Wildman–Crippen MR) is 112 cm³/mol. The van der Waals surface area contributed by atoms with Crippen molar-refractivity contribution in [3.05, 3.63) is 78.9 Å². The third kappa shape index (κ3) is 4.56. The molecule has 0 aromatic heterocycles. The molecular formula is C22H24NO2P. The first-order chi connectivity index (χ1) is 12.8. The lowest BCUT2D eigenvalue weighted by Crippen LogP contribution is -2.19. The third-order valence-corrected chi connectivity index (χ3v) is 6.74. The molecule has 0 saturated heterocycles. The Kier molecular flexibility index (Phi) is 6.51. The molecule has 0 heterocycles. The van der Waals surface area contributed by atoms with Gasteiger partial charge in [0.1, 0.15) is 11.5 Å². The molecule has 3 nitrogen and oxygen atoms in total. The van der Waals surface area contributed by atoms with Crippen molar-refractivity contribution in [2.75, 3.05) is 32.2 Å². The Morgan fingerprint density at radius 3 is 2.15 bits per heavy atom. The Morgan fingerprint density at radius 2 is 1.46 bits per heavy atom. The Labute approximate surface area is 156 Å². The maximum atomic E-state index is 5.62. The summed E-state index contributed by atoms with van der Waals surface area (Å²) in [6.07, 6.45) is 1.03. The van der Waals surface area contributed by atoms with E-state index in [2.05, 4.69) is 47.8 Å². The first-order valence-electron chi connectivity index (χ1n) is 8.65. The van der Waals surface area contributed by atoms with Crippen LogP contribution < -0.4 is 25.4 Å². The SMILES string of the molecule is COc1ccc(NCCP(c2ccccc2)c2ccccc2OC)cc1. The maximum absolute atomic E-state index is 5.62. The minimum atomic E-state index is -0.495. The van der Waals surface area contributed by atoms with Crippen LogP contribution in [0.1, 0.15) is 0 Å². The van der Waals surface area contributed by atoms with Crippen molar-refractivity contribution in [1.29, 1.82) is 0 Å². The highest BCUT2D eigenvalue weighted by Crippen LogP contribution is 2.36. The average molecular weight is 365 g/mol. The summed E-state index contributed by atoms with van der Waals surface area (Å²) in [5.41, 5.74) is 1.11. The molecule has 1 N–H and O–H groups in total.